The second-order valence-corrected chi connectivity index (χ2v) is 7.85. The SMILES string of the molecule is CCc1cccc(CC)c1NC(=O)CN1C(=O)[C@@H]2[C@H]3CC[C@H](C3)[C@@H]2C1=O. The molecule has 3 fully saturated rings. The van der Waals surface area contributed by atoms with Crippen LogP contribution >= 0.6 is 0 Å². The smallest absolute Gasteiger partial charge is 0.244 e. The fourth-order valence-electron chi connectivity index (χ4n) is 5.35. The highest BCUT2D eigenvalue weighted by atomic mass is 16.2. The predicted molar refractivity (Wildman–Crippen MR) is 98.4 cm³/mol. The summed E-state index contributed by atoms with van der Waals surface area (Å²) in [5.74, 6) is -0.159. The van der Waals surface area contributed by atoms with Crippen molar-refractivity contribution in [3.05, 3.63) is 29.3 Å². The quantitative estimate of drug-likeness (QED) is 0.827. The van der Waals surface area contributed by atoms with Gasteiger partial charge in [0.2, 0.25) is 17.7 Å². The fraction of sp³-hybridized carbons (Fsp3) is 0.571. The molecule has 4 rings (SSSR count). The highest BCUT2D eigenvalue weighted by Gasteiger charge is 2.60. The summed E-state index contributed by atoms with van der Waals surface area (Å²) in [5.41, 5.74) is 2.99. The number of para-hydroxylation sites is 1. The molecule has 3 amide bonds. The van der Waals surface area contributed by atoms with Gasteiger partial charge in [0.1, 0.15) is 6.54 Å². The normalized spacial score (nSPS) is 29.4. The first-order valence-electron chi connectivity index (χ1n) is 9.81. The molecule has 2 bridgehead atoms. The zero-order valence-electron chi connectivity index (χ0n) is 15.5. The number of benzene rings is 1. The van der Waals surface area contributed by atoms with Crippen LogP contribution in [0.3, 0.4) is 0 Å². The lowest BCUT2D eigenvalue weighted by Crippen LogP contribution is -2.39. The summed E-state index contributed by atoms with van der Waals surface area (Å²) in [6, 6.07) is 6.00. The number of nitrogens with one attached hydrogen (secondary N) is 1. The zero-order valence-corrected chi connectivity index (χ0v) is 15.5. The molecule has 0 unspecified atom stereocenters. The van der Waals surface area contributed by atoms with E-state index in [9.17, 15) is 14.4 Å². The van der Waals surface area contributed by atoms with E-state index in [-0.39, 0.29) is 36.1 Å². The molecule has 0 spiro atoms. The molecule has 1 aromatic carbocycles. The van der Waals surface area contributed by atoms with Crippen molar-refractivity contribution < 1.29 is 14.4 Å². The molecule has 1 N–H and O–H groups in total. The molecule has 3 aliphatic rings. The van der Waals surface area contributed by atoms with Crippen LogP contribution in [0.25, 0.3) is 0 Å². The molecule has 1 aromatic rings. The number of hydrogen-bond acceptors (Lipinski definition) is 3. The van der Waals surface area contributed by atoms with Crippen molar-refractivity contribution in [3.8, 4) is 0 Å². The van der Waals surface area contributed by atoms with Crippen molar-refractivity contribution in [2.75, 3.05) is 11.9 Å². The second-order valence-electron chi connectivity index (χ2n) is 7.85. The molecule has 138 valence electrons. The summed E-state index contributed by atoms with van der Waals surface area (Å²) < 4.78 is 0. The Hall–Kier alpha value is -2.17. The van der Waals surface area contributed by atoms with E-state index in [2.05, 4.69) is 19.2 Å². The van der Waals surface area contributed by atoms with Gasteiger partial charge >= 0.3 is 0 Å². The lowest BCUT2D eigenvalue weighted by molar-refractivity contribution is -0.143. The number of anilines is 1. The molecular formula is C21H26N2O3. The van der Waals surface area contributed by atoms with E-state index >= 15 is 0 Å². The predicted octanol–water partition coefficient (Wildman–Crippen LogP) is 2.78. The molecule has 2 saturated carbocycles. The second kappa shape index (κ2) is 6.53. The Morgan fingerprint density at radius 3 is 2.08 bits per heavy atom. The number of nitrogens with zero attached hydrogens (tertiary/aromatic N) is 1. The Morgan fingerprint density at radius 1 is 1.04 bits per heavy atom. The monoisotopic (exact) mass is 354 g/mol. The largest absolute Gasteiger partial charge is 0.324 e. The lowest BCUT2D eigenvalue weighted by atomic mass is 9.81. The minimum Gasteiger partial charge on any atom is -0.324 e. The molecule has 2 aliphatic carbocycles. The first-order chi connectivity index (χ1) is 12.5. The van der Waals surface area contributed by atoms with E-state index in [0.717, 1.165) is 48.9 Å². The summed E-state index contributed by atoms with van der Waals surface area (Å²) >= 11 is 0. The third-order valence-corrected chi connectivity index (χ3v) is 6.58. The van der Waals surface area contributed by atoms with Crippen LogP contribution in [0.4, 0.5) is 5.69 Å². The van der Waals surface area contributed by atoms with Crippen LogP contribution in [-0.2, 0) is 27.2 Å². The molecule has 1 saturated heterocycles. The maximum Gasteiger partial charge on any atom is 0.244 e. The number of fused-ring (bicyclic) bond motifs is 5. The first-order valence-corrected chi connectivity index (χ1v) is 9.81. The number of aryl methyl sites for hydroxylation is 2. The fourth-order valence-corrected chi connectivity index (χ4v) is 5.35. The minimum absolute atomic E-state index is 0.123. The van der Waals surface area contributed by atoms with Gasteiger partial charge in [0.25, 0.3) is 0 Å². The van der Waals surface area contributed by atoms with E-state index < -0.39 is 0 Å². The first kappa shape index (κ1) is 17.3. The van der Waals surface area contributed by atoms with Gasteiger partial charge in [-0.2, -0.15) is 0 Å². The average molecular weight is 354 g/mol. The van der Waals surface area contributed by atoms with Gasteiger partial charge in [-0.05, 0) is 55.1 Å². The Bertz CT molecular complexity index is 722. The molecule has 4 atom stereocenters. The highest BCUT2D eigenvalue weighted by molar-refractivity contribution is 6.09. The van der Waals surface area contributed by atoms with E-state index in [0.29, 0.717) is 11.8 Å². The van der Waals surface area contributed by atoms with Crippen LogP contribution < -0.4 is 5.32 Å². The lowest BCUT2D eigenvalue weighted by Gasteiger charge is -2.19. The topological polar surface area (TPSA) is 66.5 Å². The number of likely N-dealkylation sites (tertiary alicyclic amines) is 1. The van der Waals surface area contributed by atoms with Crippen molar-refractivity contribution in [1.29, 1.82) is 0 Å². The molecular weight excluding hydrogens is 328 g/mol. The van der Waals surface area contributed by atoms with Crippen molar-refractivity contribution in [2.45, 2.75) is 46.0 Å². The molecule has 1 heterocycles. The summed E-state index contributed by atoms with van der Waals surface area (Å²) in [6.45, 7) is 3.94. The van der Waals surface area contributed by atoms with Gasteiger partial charge in [-0.1, -0.05) is 32.0 Å². The summed E-state index contributed by atoms with van der Waals surface area (Å²) in [7, 11) is 0. The molecule has 0 radical (unpaired) electrons. The van der Waals surface area contributed by atoms with Crippen molar-refractivity contribution >= 4 is 23.4 Å². The zero-order chi connectivity index (χ0) is 18.4. The van der Waals surface area contributed by atoms with Crippen LogP contribution in [0.2, 0.25) is 0 Å². The van der Waals surface area contributed by atoms with Gasteiger partial charge in [0, 0.05) is 5.69 Å². The van der Waals surface area contributed by atoms with E-state index in [1.807, 2.05) is 18.2 Å². The van der Waals surface area contributed by atoms with Crippen LogP contribution in [0.15, 0.2) is 18.2 Å². The van der Waals surface area contributed by atoms with Crippen molar-refractivity contribution in [1.82, 2.24) is 4.90 Å². The number of carbonyl (C=O) groups is 3. The Morgan fingerprint density at radius 2 is 1.58 bits per heavy atom. The van der Waals surface area contributed by atoms with Gasteiger partial charge in [0.05, 0.1) is 11.8 Å². The van der Waals surface area contributed by atoms with Crippen LogP contribution in [0, 0.1) is 23.7 Å². The molecule has 0 aromatic heterocycles. The summed E-state index contributed by atoms with van der Waals surface area (Å²) in [6.07, 6.45) is 4.75. The Labute approximate surface area is 154 Å². The van der Waals surface area contributed by atoms with Gasteiger partial charge < -0.3 is 5.32 Å². The average Bonchev–Trinajstić information content (AvgIpc) is 3.32. The van der Waals surface area contributed by atoms with Gasteiger partial charge in [-0.25, -0.2) is 0 Å². The molecule has 26 heavy (non-hydrogen) atoms. The Kier molecular flexibility index (Phi) is 4.33. The van der Waals surface area contributed by atoms with Gasteiger partial charge in [-0.3, -0.25) is 19.3 Å². The van der Waals surface area contributed by atoms with Crippen molar-refractivity contribution in [3.63, 3.8) is 0 Å². The maximum absolute atomic E-state index is 12.7. The number of carbonyl (C=O) groups excluding carboxylic acids is 3. The number of amides is 3. The number of rotatable bonds is 5. The Balaban J connectivity index is 1.50. The van der Waals surface area contributed by atoms with Crippen LogP contribution in [0.5, 0.6) is 0 Å². The van der Waals surface area contributed by atoms with Crippen LogP contribution in [-0.4, -0.2) is 29.2 Å². The molecule has 5 nitrogen and oxygen atoms in total. The number of hydrogen-bond donors (Lipinski definition) is 1. The maximum atomic E-state index is 12.7. The minimum atomic E-state index is -0.283. The molecule has 5 heteroatoms. The molecule has 1 aliphatic heterocycles. The van der Waals surface area contributed by atoms with Crippen molar-refractivity contribution in [2.24, 2.45) is 23.7 Å². The van der Waals surface area contributed by atoms with E-state index in [4.69, 9.17) is 0 Å². The summed E-state index contributed by atoms with van der Waals surface area (Å²) in [5, 5.41) is 2.97. The third kappa shape index (κ3) is 2.56. The summed E-state index contributed by atoms with van der Waals surface area (Å²) in [4.78, 5) is 39.3. The van der Waals surface area contributed by atoms with Gasteiger partial charge in [0.15, 0.2) is 0 Å². The standard InChI is InChI=1S/C21H26N2O3/c1-3-12-6-5-7-13(4-2)19(12)22-16(24)11-23-20(25)17-14-8-9-15(10-14)18(17)21(23)26/h5-7,14-15,17-18H,3-4,8-11H2,1-2H3,(H,22,24)/t14-,15+,17+,18-. The number of imide groups is 1. The van der Waals surface area contributed by atoms with Gasteiger partial charge in [-0.15, -0.1) is 0 Å². The highest BCUT2D eigenvalue weighted by Crippen LogP contribution is 2.56. The van der Waals surface area contributed by atoms with Crippen LogP contribution in [0.1, 0.15) is 44.2 Å². The third-order valence-electron chi connectivity index (χ3n) is 6.58. The van der Waals surface area contributed by atoms with E-state index in [1.54, 1.807) is 0 Å². The van der Waals surface area contributed by atoms with E-state index in [1.165, 1.54) is 4.90 Å².